The minimum Gasteiger partial charge on any atom is -0.497 e. The molecule has 0 saturated carbocycles. The first kappa shape index (κ1) is 27.9. The fourth-order valence-corrected chi connectivity index (χ4v) is 4.63. The Morgan fingerprint density at radius 3 is 2.51 bits per heavy atom. The molecular formula is C29H36N8O4. The van der Waals surface area contributed by atoms with Gasteiger partial charge in [-0.3, -0.25) is 4.98 Å². The predicted octanol–water partition coefficient (Wildman–Crippen LogP) is 4.54. The summed E-state index contributed by atoms with van der Waals surface area (Å²) < 4.78 is 18.6. The van der Waals surface area contributed by atoms with Gasteiger partial charge in [-0.25, -0.2) is 19.4 Å². The van der Waals surface area contributed by atoms with Crippen LogP contribution in [-0.2, 0) is 11.3 Å². The van der Waals surface area contributed by atoms with E-state index in [0.29, 0.717) is 48.1 Å². The van der Waals surface area contributed by atoms with Gasteiger partial charge in [-0.2, -0.15) is 0 Å². The molecule has 0 aliphatic carbocycles. The summed E-state index contributed by atoms with van der Waals surface area (Å²) >= 11 is 0. The van der Waals surface area contributed by atoms with E-state index in [4.69, 9.17) is 35.0 Å². The summed E-state index contributed by atoms with van der Waals surface area (Å²) in [5, 5.41) is 7.76. The van der Waals surface area contributed by atoms with Crippen molar-refractivity contribution in [3.05, 3.63) is 54.5 Å². The van der Waals surface area contributed by atoms with Crippen molar-refractivity contribution in [1.82, 2.24) is 30.0 Å². The van der Waals surface area contributed by atoms with Crippen molar-refractivity contribution in [2.24, 2.45) is 0 Å². The zero-order chi connectivity index (χ0) is 29.2. The Bertz CT molecular complexity index is 1520. The normalized spacial score (nSPS) is 15.0. The number of nitrogens with two attached hydrogens (primary N) is 1. The number of rotatable bonds is 7. The molecule has 4 heterocycles. The number of aromatic nitrogens is 5. The second kappa shape index (κ2) is 11.1. The lowest BCUT2D eigenvalue weighted by molar-refractivity contribution is 0.0448. The topological polar surface area (TPSA) is 143 Å². The molecule has 0 spiro atoms. The molecule has 1 aliphatic heterocycles. The highest BCUT2D eigenvalue weighted by Crippen LogP contribution is 2.32. The van der Waals surface area contributed by atoms with Gasteiger partial charge in [0.2, 0.25) is 0 Å². The van der Waals surface area contributed by atoms with E-state index in [1.54, 1.807) is 36.4 Å². The number of amides is 1. The largest absolute Gasteiger partial charge is 0.497 e. The van der Waals surface area contributed by atoms with Crippen LogP contribution in [0.3, 0.4) is 0 Å². The molecule has 1 saturated heterocycles. The number of piperidine rings is 1. The summed E-state index contributed by atoms with van der Waals surface area (Å²) in [4.78, 5) is 28.4. The number of methoxy groups -OCH3 is 1. The number of pyridine rings is 1. The molecule has 4 aromatic rings. The number of nitrogens with one attached hydrogen (secondary N) is 1. The van der Waals surface area contributed by atoms with E-state index in [9.17, 15) is 4.79 Å². The van der Waals surface area contributed by atoms with Gasteiger partial charge in [0, 0.05) is 24.8 Å². The fourth-order valence-electron chi connectivity index (χ4n) is 4.63. The number of hydrogen-bond acceptors (Lipinski definition) is 10. The minimum absolute atomic E-state index is 0.292. The van der Waals surface area contributed by atoms with Crippen molar-refractivity contribution in [3.8, 4) is 17.4 Å². The lowest BCUT2D eigenvalue weighted by atomic mass is 9.90. The highest BCUT2D eigenvalue weighted by molar-refractivity contribution is 5.78. The molecule has 12 heteroatoms. The highest BCUT2D eigenvalue weighted by Gasteiger charge is 2.34. The number of benzene rings is 1. The average Bonchev–Trinajstić information content (AvgIpc) is 3.25. The molecule has 0 bridgehead atoms. The second-order valence-electron chi connectivity index (χ2n) is 11.4. The number of anilines is 2. The van der Waals surface area contributed by atoms with Crippen molar-refractivity contribution in [2.45, 2.75) is 58.2 Å². The van der Waals surface area contributed by atoms with Crippen LogP contribution in [0.4, 0.5) is 16.3 Å². The Morgan fingerprint density at radius 1 is 1.12 bits per heavy atom. The molecule has 0 radical (unpaired) electrons. The van der Waals surface area contributed by atoms with Crippen LogP contribution in [0, 0.1) is 0 Å². The Kier molecular flexibility index (Phi) is 7.57. The van der Waals surface area contributed by atoms with Gasteiger partial charge in [-0.1, -0.05) is 12.1 Å². The van der Waals surface area contributed by atoms with Crippen LogP contribution in [0.1, 0.15) is 46.1 Å². The number of carbonyl (C=O) groups is 1. The van der Waals surface area contributed by atoms with Gasteiger partial charge in [0.05, 0.1) is 31.7 Å². The summed E-state index contributed by atoms with van der Waals surface area (Å²) in [6.07, 6.45) is 5.92. The van der Waals surface area contributed by atoms with E-state index in [2.05, 4.69) is 15.2 Å². The monoisotopic (exact) mass is 560 g/mol. The molecule has 1 amide bonds. The minimum atomic E-state index is -0.549. The van der Waals surface area contributed by atoms with Crippen LogP contribution in [0.25, 0.3) is 11.2 Å². The predicted molar refractivity (Wildman–Crippen MR) is 155 cm³/mol. The third kappa shape index (κ3) is 6.59. The number of carbonyl (C=O) groups excluding carboxylic acids is 1. The third-order valence-electron chi connectivity index (χ3n) is 6.91. The Hall–Kier alpha value is -4.61. The second-order valence-corrected chi connectivity index (χ2v) is 11.4. The standard InChI is InChI=1S/C29H36N8O4/c1-28(2,3)41-27(38)34-29(4)11-14-36(15-12-29)23-17-32-24-25(33-23)37(18-19-6-8-20(39-5)9-7-19)35-26(24)40-22-16-31-13-10-21(22)30/h6-10,13,16-17H,11-12,14-15,18H2,1-5H3,(H2,30,31)(H,34,38). The Balaban J connectivity index is 1.40. The number of alkyl carbamates (subject to hydrolysis) is 1. The third-order valence-corrected chi connectivity index (χ3v) is 6.91. The molecule has 3 N–H and O–H groups in total. The van der Waals surface area contributed by atoms with Gasteiger partial charge in [0.1, 0.15) is 17.2 Å². The molecule has 12 nitrogen and oxygen atoms in total. The van der Waals surface area contributed by atoms with Gasteiger partial charge < -0.3 is 30.2 Å². The molecule has 5 rings (SSSR count). The van der Waals surface area contributed by atoms with E-state index in [1.165, 1.54) is 0 Å². The summed E-state index contributed by atoms with van der Waals surface area (Å²) in [7, 11) is 1.64. The van der Waals surface area contributed by atoms with E-state index < -0.39 is 11.7 Å². The zero-order valence-corrected chi connectivity index (χ0v) is 24.0. The number of fused-ring (bicyclic) bond motifs is 1. The Morgan fingerprint density at radius 2 is 1.85 bits per heavy atom. The van der Waals surface area contributed by atoms with Crippen molar-refractivity contribution < 1.29 is 19.0 Å². The zero-order valence-electron chi connectivity index (χ0n) is 24.0. The van der Waals surface area contributed by atoms with Crippen LogP contribution in [-0.4, -0.2) is 62.2 Å². The fraction of sp³-hybridized carbons (Fsp3) is 0.414. The molecule has 0 unspecified atom stereocenters. The van der Waals surface area contributed by atoms with Gasteiger partial charge in [-0.15, -0.1) is 5.10 Å². The van der Waals surface area contributed by atoms with E-state index in [1.807, 2.05) is 52.0 Å². The first-order valence-electron chi connectivity index (χ1n) is 13.5. The molecule has 0 atom stereocenters. The smallest absolute Gasteiger partial charge is 0.408 e. The molecular weight excluding hydrogens is 524 g/mol. The van der Waals surface area contributed by atoms with Crippen LogP contribution < -0.4 is 25.4 Å². The molecule has 216 valence electrons. The van der Waals surface area contributed by atoms with Crippen LogP contribution in [0.5, 0.6) is 17.4 Å². The van der Waals surface area contributed by atoms with E-state index in [0.717, 1.165) is 30.0 Å². The summed E-state index contributed by atoms with van der Waals surface area (Å²) in [5.41, 5.74) is 7.71. The van der Waals surface area contributed by atoms with Gasteiger partial charge >= 0.3 is 6.09 Å². The number of ether oxygens (including phenoxy) is 3. The first-order valence-corrected chi connectivity index (χ1v) is 13.5. The maximum absolute atomic E-state index is 12.4. The number of hydrogen-bond donors (Lipinski definition) is 2. The summed E-state index contributed by atoms with van der Waals surface area (Å²) in [6.45, 7) is 9.43. The molecule has 1 aromatic carbocycles. The SMILES string of the molecule is COc1ccc(Cn2nc(Oc3cnccc3N)c3ncc(N4CCC(C)(NC(=O)OC(C)(C)C)CC4)nc32)cc1. The first-order chi connectivity index (χ1) is 19.5. The molecule has 3 aromatic heterocycles. The molecule has 1 aliphatic rings. The quantitative estimate of drug-likeness (QED) is 0.331. The van der Waals surface area contributed by atoms with Gasteiger partial charge in [0.25, 0.3) is 5.88 Å². The lowest BCUT2D eigenvalue weighted by Gasteiger charge is -2.40. The summed E-state index contributed by atoms with van der Waals surface area (Å²) in [5.74, 6) is 2.18. The lowest BCUT2D eigenvalue weighted by Crippen LogP contribution is -2.54. The van der Waals surface area contributed by atoms with Gasteiger partial charge in [-0.05, 0) is 64.3 Å². The Labute approximate surface area is 238 Å². The van der Waals surface area contributed by atoms with Crippen LogP contribution >= 0.6 is 0 Å². The molecule has 1 fully saturated rings. The average molecular weight is 561 g/mol. The highest BCUT2D eigenvalue weighted by atomic mass is 16.6. The van der Waals surface area contributed by atoms with E-state index >= 15 is 0 Å². The number of nitrogen functional groups attached to an aromatic ring is 1. The maximum Gasteiger partial charge on any atom is 0.408 e. The van der Waals surface area contributed by atoms with Crippen molar-refractivity contribution in [1.29, 1.82) is 0 Å². The van der Waals surface area contributed by atoms with Crippen LogP contribution in [0.15, 0.2) is 48.9 Å². The van der Waals surface area contributed by atoms with E-state index in [-0.39, 0.29) is 5.54 Å². The van der Waals surface area contributed by atoms with Gasteiger partial charge in [0.15, 0.2) is 16.9 Å². The van der Waals surface area contributed by atoms with Crippen LogP contribution in [0.2, 0.25) is 0 Å². The van der Waals surface area contributed by atoms with Crippen molar-refractivity contribution in [2.75, 3.05) is 30.8 Å². The molecule has 41 heavy (non-hydrogen) atoms. The van der Waals surface area contributed by atoms with Crippen molar-refractivity contribution in [3.63, 3.8) is 0 Å². The summed E-state index contributed by atoms with van der Waals surface area (Å²) in [6, 6.07) is 9.43. The number of nitrogens with zero attached hydrogens (tertiary/aromatic N) is 6. The van der Waals surface area contributed by atoms with Crippen molar-refractivity contribution >= 4 is 28.8 Å². The maximum atomic E-state index is 12.4.